The van der Waals surface area contributed by atoms with E-state index in [9.17, 15) is 0 Å². The number of hydrogen-bond donors (Lipinski definition) is 0. The third kappa shape index (κ3) is 4.22. The maximum atomic E-state index is 2.47. The molecule has 238 valence electrons. The molecule has 2 nitrogen and oxygen atoms in total. The van der Waals surface area contributed by atoms with Crippen molar-refractivity contribution in [1.82, 2.24) is 9.13 Å². The highest BCUT2D eigenvalue weighted by Gasteiger charge is 2.21. The number of benzene rings is 8. The molecule has 0 N–H and O–H groups in total. The van der Waals surface area contributed by atoms with E-state index in [0.717, 1.165) is 5.69 Å². The zero-order chi connectivity index (χ0) is 33.5. The molecular weight excluding hydrogens is 637 g/mol. The van der Waals surface area contributed by atoms with Crippen LogP contribution in [0, 0.1) is 0 Å². The van der Waals surface area contributed by atoms with Crippen LogP contribution in [0.15, 0.2) is 182 Å². The lowest BCUT2D eigenvalue weighted by molar-refractivity contribution is 1.17. The number of rotatable bonds is 4. The van der Waals surface area contributed by atoms with Crippen LogP contribution in [0.2, 0.25) is 0 Å². The first-order valence-corrected chi connectivity index (χ1v) is 18.3. The first kappa shape index (κ1) is 28.4. The molecule has 3 heteroatoms. The molecule has 0 bridgehead atoms. The van der Waals surface area contributed by atoms with Crippen molar-refractivity contribution in [3.8, 4) is 33.6 Å². The third-order valence-corrected chi connectivity index (χ3v) is 11.7. The molecule has 0 saturated carbocycles. The van der Waals surface area contributed by atoms with Gasteiger partial charge in [-0.3, -0.25) is 0 Å². The summed E-state index contributed by atoms with van der Waals surface area (Å²) in [5, 5.41) is 7.75. The van der Waals surface area contributed by atoms with Crippen molar-refractivity contribution >= 4 is 75.1 Å². The quantitative estimate of drug-likeness (QED) is 0.177. The van der Waals surface area contributed by atoms with E-state index in [1.54, 1.807) is 0 Å². The monoisotopic (exact) mass is 666 g/mol. The molecule has 11 rings (SSSR count). The van der Waals surface area contributed by atoms with E-state index in [-0.39, 0.29) is 0 Å². The summed E-state index contributed by atoms with van der Waals surface area (Å²) < 4.78 is 7.55. The Hall–Kier alpha value is -6.42. The predicted molar refractivity (Wildman–Crippen MR) is 219 cm³/mol. The van der Waals surface area contributed by atoms with E-state index in [4.69, 9.17) is 0 Å². The highest BCUT2D eigenvalue weighted by molar-refractivity contribution is 7.26. The van der Waals surface area contributed by atoms with E-state index in [1.807, 2.05) is 11.3 Å². The second-order valence-corrected chi connectivity index (χ2v) is 14.4. The standard InChI is InChI=1S/C48H30N2S/c1-3-12-31(13-4-1)33-24-27-40-44(30-33)50(35-25-22-32(23-26-35)36-18-11-19-38-37-16-8-10-21-45(37)51-48(36)38)43-29-28-42-46(47(40)43)39-17-7-9-20-41(39)49(42)34-14-5-2-6-15-34/h1-30H. The van der Waals surface area contributed by atoms with Crippen LogP contribution >= 0.6 is 11.3 Å². The molecule has 11 aromatic rings. The average molecular weight is 667 g/mol. The fraction of sp³-hybridized carbons (Fsp3) is 0. The SMILES string of the molecule is c1ccc(-c2ccc3c4c5c6ccccc6n(-c6ccccc6)c5ccc4n(-c4ccc(-c5cccc6c5sc5ccccc56)cc4)c3c2)cc1. The zero-order valence-corrected chi connectivity index (χ0v) is 28.4. The Balaban J connectivity index is 1.18. The minimum atomic E-state index is 1.15. The average Bonchev–Trinajstić information content (AvgIpc) is 3.86. The van der Waals surface area contributed by atoms with Gasteiger partial charge in [-0.2, -0.15) is 0 Å². The van der Waals surface area contributed by atoms with Gasteiger partial charge in [-0.15, -0.1) is 11.3 Å². The largest absolute Gasteiger partial charge is 0.309 e. The van der Waals surface area contributed by atoms with Gasteiger partial charge in [0.15, 0.2) is 0 Å². The highest BCUT2D eigenvalue weighted by Crippen LogP contribution is 2.44. The number of aromatic nitrogens is 2. The highest BCUT2D eigenvalue weighted by atomic mass is 32.1. The molecule has 0 aliphatic heterocycles. The van der Waals surface area contributed by atoms with Gasteiger partial charge in [-0.05, 0) is 76.9 Å². The Morgan fingerprint density at radius 2 is 0.922 bits per heavy atom. The van der Waals surface area contributed by atoms with Crippen molar-refractivity contribution in [1.29, 1.82) is 0 Å². The Kier molecular flexibility index (Phi) is 6.16. The van der Waals surface area contributed by atoms with Gasteiger partial charge in [0.05, 0.1) is 22.1 Å². The van der Waals surface area contributed by atoms with Crippen molar-refractivity contribution in [2.75, 3.05) is 0 Å². The summed E-state index contributed by atoms with van der Waals surface area (Å²) in [4.78, 5) is 0. The Morgan fingerprint density at radius 1 is 0.333 bits per heavy atom. The summed E-state index contributed by atoms with van der Waals surface area (Å²) in [6, 6.07) is 66.6. The molecule has 0 spiro atoms. The Bertz CT molecular complexity index is 3110. The molecular formula is C48H30N2S. The van der Waals surface area contributed by atoms with Gasteiger partial charge in [0.25, 0.3) is 0 Å². The molecule has 8 aromatic carbocycles. The number of fused-ring (bicyclic) bond motifs is 10. The number of thiophene rings is 1. The van der Waals surface area contributed by atoms with Crippen LogP contribution in [0.4, 0.5) is 0 Å². The van der Waals surface area contributed by atoms with Crippen LogP contribution in [0.25, 0.3) is 97.4 Å². The lowest BCUT2D eigenvalue weighted by Crippen LogP contribution is -1.95. The number of nitrogens with zero attached hydrogens (tertiary/aromatic N) is 2. The van der Waals surface area contributed by atoms with Crippen molar-refractivity contribution < 1.29 is 0 Å². The molecule has 3 aromatic heterocycles. The lowest BCUT2D eigenvalue weighted by Gasteiger charge is -2.11. The van der Waals surface area contributed by atoms with E-state index in [0.29, 0.717) is 0 Å². The first-order valence-electron chi connectivity index (χ1n) is 17.4. The molecule has 0 radical (unpaired) electrons. The van der Waals surface area contributed by atoms with Gasteiger partial charge >= 0.3 is 0 Å². The third-order valence-electron chi connectivity index (χ3n) is 10.5. The molecule has 3 heterocycles. The Labute approximate surface area is 298 Å². The number of para-hydroxylation sites is 2. The van der Waals surface area contributed by atoms with Crippen molar-refractivity contribution in [2.24, 2.45) is 0 Å². The predicted octanol–water partition coefficient (Wildman–Crippen LogP) is 13.6. The minimum Gasteiger partial charge on any atom is -0.309 e. The number of hydrogen-bond acceptors (Lipinski definition) is 1. The first-order chi connectivity index (χ1) is 25.3. The van der Waals surface area contributed by atoms with Crippen LogP contribution in [-0.2, 0) is 0 Å². The lowest BCUT2D eigenvalue weighted by atomic mass is 10.0. The van der Waals surface area contributed by atoms with Gasteiger partial charge in [-0.1, -0.05) is 127 Å². The fourth-order valence-corrected chi connectivity index (χ4v) is 9.51. The van der Waals surface area contributed by atoms with Crippen molar-refractivity contribution in [3.63, 3.8) is 0 Å². The summed E-state index contributed by atoms with van der Waals surface area (Å²) >= 11 is 1.88. The molecule has 0 fully saturated rings. The molecule has 0 amide bonds. The van der Waals surface area contributed by atoms with Crippen LogP contribution in [-0.4, -0.2) is 9.13 Å². The fourth-order valence-electron chi connectivity index (χ4n) is 8.27. The molecule has 51 heavy (non-hydrogen) atoms. The van der Waals surface area contributed by atoms with Crippen LogP contribution in [0.3, 0.4) is 0 Å². The van der Waals surface area contributed by atoms with E-state index in [2.05, 4.69) is 191 Å². The summed E-state index contributed by atoms with van der Waals surface area (Å²) in [5.74, 6) is 0. The molecule has 0 atom stereocenters. The van der Waals surface area contributed by atoms with Crippen molar-refractivity contribution in [2.45, 2.75) is 0 Å². The molecule has 0 unspecified atom stereocenters. The van der Waals surface area contributed by atoms with Gasteiger partial charge in [0.1, 0.15) is 0 Å². The van der Waals surface area contributed by atoms with E-state index in [1.165, 1.54) is 91.7 Å². The maximum Gasteiger partial charge on any atom is 0.0548 e. The second kappa shape index (κ2) is 11.0. The van der Waals surface area contributed by atoms with Crippen molar-refractivity contribution in [3.05, 3.63) is 182 Å². The van der Waals surface area contributed by atoms with Gasteiger partial charge in [-0.25, -0.2) is 0 Å². The zero-order valence-electron chi connectivity index (χ0n) is 27.6. The minimum absolute atomic E-state index is 1.15. The molecule has 0 aliphatic carbocycles. The summed E-state index contributed by atoms with van der Waals surface area (Å²) in [6.45, 7) is 0. The van der Waals surface area contributed by atoms with E-state index >= 15 is 0 Å². The summed E-state index contributed by atoms with van der Waals surface area (Å²) in [6.07, 6.45) is 0. The van der Waals surface area contributed by atoms with E-state index < -0.39 is 0 Å². The second-order valence-electron chi connectivity index (χ2n) is 13.3. The molecule has 0 saturated heterocycles. The van der Waals surface area contributed by atoms with Gasteiger partial charge in [0.2, 0.25) is 0 Å². The summed E-state index contributed by atoms with van der Waals surface area (Å²) in [5.41, 5.74) is 12.1. The van der Waals surface area contributed by atoms with Crippen LogP contribution < -0.4 is 0 Å². The summed E-state index contributed by atoms with van der Waals surface area (Å²) in [7, 11) is 0. The normalized spacial score (nSPS) is 11.9. The van der Waals surface area contributed by atoms with Gasteiger partial charge < -0.3 is 9.13 Å². The smallest absolute Gasteiger partial charge is 0.0548 e. The topological polar surface area (TPSA) is 9.86 Å². The maximum absolute atomic E-state index is 2.47. The van der Waals surface area contributed by atoms with Crippen LogP contribution in [0.5, 0.6) is 0 Å². The Morgan fingerprint density at radius 3 is 1.71 bits per heavy atom. The van der Waals surface area contributed by atoms with Crippen LogP contribution in [0.1, 0.15) is 0 Å². The molecule has 0 aliphatic rings. The van der Waals surface area contributed by atoms with Gasteiger partial charge in [0, 0.05) is 53.1 Å².